The van der Waals surface area contributed by atoms with E-state index in [9.17, 15) is 9.59 Å². The molecule has 4 heteroatoms. The van der Waals surface area contributed by atoms with E-state index in [4.69, 9.17) is 0 Å². The average Bonchev–Trinajstić information content (AvgIpc) is 2.26. The summed E-state index contributed by atoms with van der Waals surface area (Å²) in [4.78, 5) is 25.0. The summed E-state index contributed by atoms with van der Waals surface area (Å²) >= 11 is 0. The molecule has 1 amide bonds. The monoisotopic (exact) mass is 240 g/mol. The van der Waals surface area contributed by atoms with E-state index in [1.165, 1.54) is 0 Å². The lowest BCUT2D eigenvalue weighted by molar-refractivity contribution is -0.125. The van der Waals surface area contributed by atoms with Gasteiger partial charge in [0.15, 0.2) is 0 Å². The zero-order valence-electron chi connectivity index (χ0n) is 11.2. The van der Waals surface area contributed by atoms with E-state index in [1.54, 1.807) is 0 Å². The molecule has 1 N–H and O–H groups in total. The summed E-state index contributed by atoms with van der Waals surface area (Å²) in [6.45, 7) is 5.26. The molecule has 1 atom stereocenters. The lowest BCUT2D eigenvalue weighted by Gasteiger charge is -2.29. The number of rotatable bonds is 5. The maximum atomic E-state index is 11.6. The van der Waals surface area contributed by atoms with Crippen molar-refractivity contribution in [2.75, 3.05) is 20.1 Å². The second-order valence-corrected chi connectivity index (χ2v) is 5.40. The van der Waals surface area contributed by atoms with Crippen LogP contribution in [0.15, 0.2) is 0 Å². The van der Waals surface area contributed by atoms with Crippen LogP contribution in [0.4, 0.5) is 0 Å². The van der Waals surface area contributed by atoms with Crippen LogP contribution in [0, 0.1) is 5.92 Å². The van der Waals surface area contributed by atoms with Crippen LogP contribution in [0.3, 0.4) is 0 Å². The zero-order valence-corrected chi connectivity index (χ0v) is 11.2. The Morgan fingerprint density at radius 1 is 1.53 bits per heavy atom. The first-order chi connectivity index (χ1) is 7.99. The predicted molar refractivity (Wildman–Crippen MR) is 67.7 cm³/mol. The Balaban J connectivity index is 2.29. The topological polar surface area (TPSA) is 49.4 Å². The first-order valence-corrected chi connectivity index (χ1v) is 6.47. The van der Waals surface area contributed by atoms with Crippen LogP contribution in [0.5, 0.6) is 0 Å². The Labute approximate surface area is 104 Å². The van der Waals surface area contributed by atoms with Crippen LogP contribution in [0.2, 0.25) is 0 Å². The third kappa shape index (κ3) is 5.31. The minimum absolute atomic E-state index is 0.0548. The number of Topliss-reactive ketones (excluding diaryl/α,β-unsaturated/α-hetero) is 1. The fourth-order valence-corrected chi connectivity index (χ4v) is 2.11. The number of carbonyl (C=O) groups is 2. The van der Waals surface area contributed by atoms with Crippen molar-refractivity contribution in [3.63, 3.8) is 0 Å². The van der Waals surface area contributed by atoms with Gasteiger partial charge in [0.1, 0.15) is 5.78 Å². The average molecular weight is 240 g/mol. The van der Waals surface area contributed by atoms with E-state index in [-0.39, 0.29) is 11.9 Å². The predicted octanol–water partition coefficient (Wildman–Crippen LogP) is 1.20. The number of carbonyl (C=O) groups excluding carboxylic acids is 2. The molecular formula is C13H24N2O2. The normalized spacial score (nSPS) is 21.0. The van der Waals surface area contributed by atoms with Gasteiger partial charge >= 0.3 is 0 Å². The standard InChI is InChI=1S/C13H24N2O2/c1-10(2)8-14-13(17)9-15(3)11-5-4-6-12(16)7-11/h10-11H,4-9H2,1-3H3,(H,14,17). The van der Waals surface area contributed by atoms with E-state index in [2.05, 4.69) is 19.2 Å². The van der Waals surface area contributed by atoms with Gasteiger partial charge < -0.3 is 5.32 Å². The molecule has 1 aliphatic rings. The summed E-state index contributed by atoms with van der Waals surface area (Å²) in [5.41, 5.74) is 0. The Bertz CT molecular complexity index is 277. The van der Waals surface area contributed by atoms with E-state index in [0.717, 1.165) is 19.4 Å². The summed E-state index contributed by atoms with van der Waals surface area (Å²) in [5.74, 6) is 0.857. The molecular weight excluding hydrogens is 216 g/mol. The fourth-order valence-electron chi connectivity index (χ4n) is 2.11. The van der Waals surface area contributed by atoms with Gasteiger partial charge in [-0.2, -0.15) is 0 Å². The smallest absolute Gasteiger partial charge is 0.234 e. The van der Waals surface area contributed by atoms with Crippen LogP contribution in [0.25, 0.3) is 0 Å². The maximum absolute atomic E-state index is 11.6. The number of nitrogens with zero attached hydrogens (tertiary/aromatic N) is 1. The van der Waals surface area contributed by atoms with Gasteiger partial charge in [-0.05, 0) is 25.8 Å². The first kappa shape index (κ1) is 14.2. The van der Waals surface area contributed by atoms with Crippen molar-refractivity contribution in [1.82, 2.24) is 10.2 Å². The lowest BCUT2D eigenvalue weighted by Crippen LogP contribution is -2.43. The van der Waals surface area contributed by atoms with Crippen LogP contribution in [-0.4, -0.2) is 42.8 Å². The largest absolute Gasteiger partial charge is 0.355 e. The van der Waals surface area contributed by atoms with Crippen molar-refractivity contribution in [1.29, 1.82) is 0 Å². The molecule has 1 fully saturated rings. The van der Waals surface area contributed by atoms with Crippen molar-refractivity contribution >= 4 is 11.7 Å². The van der Waals surface area contributed by atoms with Crippen molar-refractivity contribution in [3.8, 4) is 0 Å². The molecule has 1 unspecified atom stereocenters. The van der Waals surface area contributed by atoms with Crippen LogP contribution >= 0.6 is 0 Å². The van der Waals surface area contributed by atoms with Crippen molar-refractivity contribution in [3.05, 3.63) is 0 Å². The molecule has 1 saturated carbocycles. The van der Waals surface area contributed by atoms with Crippen LogP contribution in [0.1, 0.15) is 39.5 Å². The fraction of sp³-hybridized carbons (Fsp3) is 0.846. The number of amides is 1. The van der Waals surface area contributed by atoms with Crippen molar-refractivity contribution in [2.24, 2.45) is 5.92 Å². The molecule has 0 aliphatic heterocycles. The minimum Gasteiger partial charge on any atom is -0.355 e. The summed E-state index contributed by atoms with van der Waals surface area (Å²) in [6, 6.07) is 0.251. The SMILES string of the molecule is CC(C)CNC(=O)CN(C)C1CCCC(=O)C1. The van der Waals surface area contributed by atoms with E-state index in [0.29, 0.717) is 31.1 Å². The van der Waals surface area contributed by atoms with Gasteiger partial charge in [-0.1, -0.05) is 13.8 Å². The molecule has 0 radical (unpaired) electrons. The second kappa shape index (κ2) is 6.74. The maximum Gasteiger partial charge on any atom is 0.234 e. The molecule has 0 heterocycles. The molecule has 98 valence electrons. The van der Waals surface area contributed by atoms with Crippen LogP contribution in [-0.2, 0) is 9.59 Å². The minimum atomic E-state index is 0.0548. The van der Waals surface area contributed by atoms with Crippen molar-refractivity contribution < 1.29 is 9.59 Å². The Kier molecular flexibility index (Phi) is 5.62. The number of hydrogen-bond acceptors (Lipinski definition) is 3. The van der Waals surface area contributed by atoms with Gasteiger partial charge in [0.25, 0.3) is 0 Å². The highest BCUT2D eigenvalue weighted by molar-refractivity contribution is 5.80. The van der Waals surface area contributed by atoms with Gasteiger partial charge in [-0.15, -0.1) is 0 Å². The molecule has 0 bridgehead atoms. The molecule has 0 saturated heterocycles. The number of ketones is 1. The highest BCUT2D eigenvalue weighted by atomic mass is 16.2. The molecule has 0 spiro atoms. The summed E-state index contributed by atoms with van der Waals surface area (Å²) < 4.78 is 0. The zero-order chi connectivity index (χ0) is 12.8. The summed E-state index contributed by atoms with van der Waals surface area (Å²) in [7, 11) is 1.93. The van der Waals surface area contributed by atoms with Gasteiger partial charge in [0.05, 0.1) is 6.54 Å². The molecule has 4 nitrogen and oxygen atoms in total. The summed E-state index contributed by atoms with van der Waals surface area (Å²) in [5, 5.41) is 2.90. The van der Waals surface area contributed by atoms with Gasteiger partial charge in [-0.3, -0.25) is 14.5 Å². The van der Waals surface area contributed by atoms with Gasteiger partial charge in [0, 0.05) is 25.4 Å². The Morgan fingerprint density at radius 3 is 2.82 bits per heavy atom. The Morgan fingerprint density at radius 2 is 2.24 bits per heavy atom. The van der Waals surface area contributed by atoms with E-state index in [1.807, 2.05) is 11.9 Å². The third-order valence-electron chi connectivity index (χ3n) is 3.18. The lowest BCUT2D eigenvalue weighted by atomic mass is 9.93. The van der Waals surface area contributed by atoms with E-state index >= 15 is 0 Å². The molecule has 17 heavy (non-hydrogen) atoms. The molecule has 0 aromatic carbocycles. The van der Waals surface area contributed by atoms with Crippen LogP contribution < -0.4 is 5.32 Å². The molecule has 0 aromatic rings. The number of likely N-dealkylation sites (N-methyl/N-ethyl adjacent to an activating group) is 1. The first-order valence-electron chi connectivity index (χ1n) is 6.47. The molecule has 0 aromatic heterocycles. The summed E-state index contributed by atoms with van der Waals surface area (Å²) in [6.07, 6.45) is 3.30. The van der Waals surface area contributed by atoms with Gasteiger partial charge in [0.2, 0.25) is 5.91 Å². The number of hydrogen-bond donors (Lipinski definition) is 1. The van der Waals surface area contributed by atoms with Crippen molar-refractivity contribution in [2.45, 2.75) is 45.6 Å². The molecule has 1 rings (SSSR count). The quantitative estimate of drug-likeness (QED) is 0.785. The Hall–Kier alpha value is -0.900. The highest BCUT2D eigenvalue weighted by Crippen LogP contribution is 2.18. The highest BCUT2D eigenvalue weighted by Gasteiger charge is 2.23. The second-order valence-electron chi connectivity index (χ2n) is 5.40. The third-order valence-corrected chi connectivity index (χ3v) is 3.18. The van der Waals surface area contributed by atoms with Gasteiger partial charge in [-0.25, -0.2) is 0 Å². The van der Waals surface area contributed by atoms with E-state index < -0.39 is 0 Å². The number of nitrogens with one attached hydrogen (secondary N) is 1. The molecule has 1 aliphatic carbocycles.